The zero-order valence-electron chi connectivity index (χ0n) is 12.2. The van der Waals surface area contributed by atoms with Crippen LogP contribution in [0, 0.1) is 0 Å². The molecule has 0 fully saturated rings. The third-order valence-electron chi connectivity index (χ3n) is 3.24. The lowest BCUT2D eigenvalue weighted by atomic mass is 10.2. The number of benzene rings is 2. The molecule has 0 saturated heterocycles. The van der Waals surface area contributed by atoms with Crippen molar-refractivity contribution in [3.63, 3.8) is 0 Å². The van der Waals surface area contributed by atoms with Gasteiger partial charge >= 0.3 is 0 Å². The summed E-state index contributed by atoms with van der Waals surface area (Å²) in [7, 11) is 0. The molecular formula is C17H14ClN3O2. The molecule has 3 aromatic rings. The molecule has 0 aliphatic carbocycles. The molecule has 2 aromatic carbocycles. The third kappa shape index (κ3) is 3.76. The van der Waals surface area contributed by atoms with E-state index in [4.69, 9.17) is 16.1 Å². The molecule has 0 atom stereocenters. The standard InChI is InChI=1S/C17H14ClN3O2/c18-14-9-5-4-8-13(14)17(22)19-11-10-15-20-16(21-23-15)12-6-2-1-3-7-12/h1-9H,10-11H2,(H,19,22). The van der Waals surface area contributed by atoms with E-state index in [0.29, 0.717) is 35.3 Å². The Kier molecular flexibility index (Phi) is 4.68. The summed E-state index contributed by atoms with van der Waals surface area (Å²) in [4.78, 5) is 16.3. The van der Waals surface area contributed by atoms with Gasteiger partial charge in [0.1, 0.15) is 0 Å². The monoisotopic (exact) mass is 327 g/mol. The predicted octanol–water partition coefficient (Wildman–Crippen LogP) is 3.36. The fraction of sp³-hybridized carbons (Fsp3) is 0.118. The lowest BCUT2D eigenvalue weighted by molar-refractivity contribution is 0.0953. The maximum Gasteiger partial charge on any atom is 0.252 e. The molecular weight excluding hydrogens is 314 g/mol. The van der Waals surface area contributed by atoms with E-state index in [0.717, 1.165) is 5.56 Å². The van der Waals surface area contributed by atoms with Crippen LogP contribution in [-0.2, 0) is 6.42 Å². The van der Waals surface area contributed by atoms with E-state index in [1.807, 2.05) is 30.3 Å². The molecule has 0 aliphatic heterocycles. The van der Waals surface area contributed by atoms with Gasteiger partial charge in [-0.2, -0.15) is 4.98 Å². The first-order chi connectivity index (χ1) is 11.2. The quantitative estimate of drug-likeness (QED) is 0.780. The molecule has 1 aromatic heterocycles. The molecule has 1 heterocycles. The number of amides is 1. The summed E-state index contributed by atoms with van der Waals surface area (Å²) in [6.07, 6.45) is 0.454. The van der Waals surface area contributed by atoms with Crippen molar-refractivity contribution in [2.45, 2.75) is 6.42 Å². The van der Waals surface area contributed by atoms with Gasteiger partial charge in [0, 0.05) is 18.5 Å². The minimum atomic E-state index is -0.224. The first kappa shape index (κ1) is 15.2. The Labute approximate surface area is 138 Å². The maximum atomic E-state index is 12.0. The van der Waals surface area contributed by atoms with Crippen LogP contribution in [0.3, 0.4) is 0 Å². The molecule has 1 N–H and O–H groups in total. The van der Waals surface area contributed by atoms with Crippen LogP contribution in [0.25, 0.3) is 11.4 Å². The van der Waals surface area contributed by atoms with E-state index in [-0.39, 0.29) is 5.91 Å². The van der Waals surface area contributed by atoms with Crippen molar-refractivity contribution >= 4 is 17.5 Å². The lowest BCUT2D eigenvalue weighted by Crippen LogP contribution is -2.26. The SMILES string of the molecule is O=C(NCCc1nc(-c2ccccc2)no1)c1ccccc1Cl. The van der Waals surface area contributed by atoms with Crippen molar-refractivity contribution in [2.24, 2.45) is 0 Å². The van der Waals surface area contributed by atoms with Crippen LogP contribution in [-0.4, -0.2) is 22.6 Å². The molecule has 0 saturated carbocycles. The van der Waals surface area contributed by atoms with Gasteiger partial charge in [0.25, 0.3) is 5.91 Å². The number of nitrogens with zero attached hydrogens (tertiary/aromatic N) is 2. The fourth-order valence-electron chi connectivity index (χ4n) is 2.08. The Hall–Kier alpha value is -2.66. The highest BCUT2D eigenvalue weighted by Crippen LogP contribution is 2.16. The molecule has 3 rings (SSSR count). The summed E-state index contributed by atoms with van der Waals surface area (Å²) in [6.45, 7) is 0.389. The highest BCUT2D eigenvalue weighted by molar-refractivity contribution is 6.33. The minimum Gasteiger partial charge on any atom is -0.351 e. The number of hydrogen-bond donors (Lipinski definition) is 1. The van der Waals surface area contributed by atoms with Crippen LogP contribution in [0.5, 0.6) is 0 Å². The predicted molar refractivity (Wildman–Crippen MR) is 87.2 cm³/mol. The van der Waals surface area contributed by atoms with Gasteiger partial charge in [-0.05, 0) is 12.1 Å². The van der Waals surface area contributed by atoms with Crippen LogP contribution >= 0.6 is 11.6 Å². The maximum absolute atomic E-state index is 12.0. The smallest absolute Gasteiger partial charge is 0.252 e. The van der Waals surface area contributed by atoms with E-state index >= 15 is 0 Å². The van der Waals surface area contributed by atoms with Gasteiger partial charge in [0.2, 0.25) is 11.7 Å². The van der Waals surface area contributed by atoms with E-state index in [1.165, 1.54) is 0 Å². The Balaban J connectivity index is 1.56. The van der Waals surface area contributed by atoms with E-state index in [9.17, 15) is 4.79 Å². The number of carbonyl (C=O) groups is 1. The summed E-state index contributed by atoms with van der Waals surface area (Å²) in [5.74, 6) is 0.791. The van der Waals surface area contributed by atoms with E-state index in [1.54, 1.807) is 24.3 Å². The molecule has 0 spiro atoms. The van der Waals surface area contributed by atoms with Crippen molar-refractivity contribution in [1.29, 1.82) is 0 Å². The minimum absolute atomic E-state index is 0.224. The van der Waals surface area contributed by atoms with Crippen LogP contribution in [0.1, 0.15) is 16.2 Å². The highest BCUT2D eigenvalue weighted by Gasteiger charge is 2.11. The summed E-state index contributed by atoms with van der Waals surface area (Å²) in [6, 6.07) is 16.5. The Morgan fingerprint density at radius 3 is 2.61 bits per heavy atom. The fourth-order valence-corrected chi connectivity index (χ4v) is 2.31. The first-order valence-corrected chi connectivity index (χ1v) is 7.52. The second-order valence-corrected chi connectivity index (χ2v) is 5.27. The normalized spacial score (nSPS) is 10.5. The number of carbonyl (C=O) groups excluding carboxylic acids is 1. The number of hydrogen-bond acceptors (Lipinski definition) is 4. The van der Waals surface area contributed by atoms with Gasteiger partial charge in [-0.25, -0.2) is 0 Å². The molecule has 116 valence electrons. The topological polar surface area (TPSA) is 68.0 Å². The van der Waals surface area contributed by atoms with Gasteiger partial charge in [-0.3, -0.25) is 4.79 Å². The second kappa shape index (κ2) is 7.07. The molecule has 23 heavy (non-hydrogen) atoms. The zero-order valence-corrected chi connectivity index (χ0v) is 13.0. The molecule has 6 heteroatoms. The zero-order chi connectivity index (χ0) is 16.1. The average Bonchev–Trinajstić information content (AvgIpc) is 3.05. The van der Waals surface area contributed by atoms with Crippen molar-refractivity contribution in [3.8, 4) is 11.4 Å². The molecule has 0 aliphatic rings. The Morgan fingerprint density at radius 1 is 1.09 bits per heavy atom. The van der Waals surface area contributed by atoms with Gasteiger partial charge < -0.3 is 9.84 Å². The van der Waals surface area contributed by atoms with Crippen LogP contribution in [0.2, 0.25) is 5.02 Å². The molecule has 0 bridgehead atoms. The molecule has 0 unspecified atom stereocenters. The summed E-state index contributed by atoms with van der Waals surface area (Å²) in [5.41, 5.74) is 1.34. The van der Waals surface area contributed by atoms with Crippen LogP contribution in [0.4, 0.5) is 0 Å². The molecule has 0 radical (unpaired) electrons. The first-order valence-electron chi connectivity index (χ1n) is 7.15. The van der Waals surface area contributed by atoms with Gasteiger partial charge in [0.15, 0.2) is 0 Å². The number of nitrogens with one attached hydrogen (secondary N) is 1. The van der Waals surface area contributed by atoms with Crippen LogP contribution < -0.4 is 5.32 Å². The van der Waals surface area contributed by atoms with E-state index in [2.05, 4.69) is 15.5 Å². The number of halogens is 1. The number of aromatic nitrogens is 2. The molecule has 1 amide bonds. The highest BCUT2D eigenvalue weighted by atomic mass is 35.5. The van der Waals surface area contributed by atoms with Crippen molar-refractivity contribution in [2.75, 3.05) is 6.54 Å². The molecule has 5 nitrogen and oxygen atoms in total. The van der Waals surface area contributed by atoms with Gasteiger partial charge in [0.05, 0.1) is 10.6 Å². The second-order valence-electron chi connectivity index (χ2n) is 4.86. The van der Waals surface area contributed by atoms with Crippen molar-refractivity contribution in [1.82, 2.24) is 15.5 Å². The van der Waals surface area contributed by atoms with Crippen molar-refractivity contribution in [3.05, 3.63) is 71.1 Å². The Bertz CT molecular complexity index is 802. The Morgan fingerprint density at radius 2 is 1.83 bits per heavy atom. The summed E-state index contributed by atoms with van der Waals surface area (Å²) in [5, 5.41) is 7.15. The largest absolute Gasteiger partial charge is 0.351 e. The average molecular weight is 328 g/mol. The van der Waals surface area contributed by atoms with Gasteiger partial charge in [-0.15, -0.1) is 0 Å². The summed E-state index contributed by atoms with van der Waals surface area (Å²) < 4.78 is 5.19. The van der Waals surface area contributed by atoms with E-state index < -0.39 is 0 Å². The van der Waals surface area contributed by atoms with Crippen molar-refractivity contribution < 1.29 is 9.32 Å². The lowest BCUT2D eigenvalue weighted by Gasteiger charge is -2.04. The number of rotatable bonds is 5. The van der Waals surface area contributed by atoms with Crippen LogP contribution in [0.15, 0.2) is 59.1 Å². The van der Waals surface area contributed by atoms with Gasteiger partial charge in [-0.1, -0.05) is 59.2 Å². The third-order valence-corrected chi connectivity index (χ3v) is 3.57. The summed E-state index contributed by atoms with van der Waals surface area (Å²) >= 11 is 5.98.